The first-order chi connectivity index (χ1) is 10.3. The zero-order chi connectivity index (χ0) is 18.1. The van der Waals surface area contributed by atoms with Gasteiger partial charge >= 0.3 is 0 Å². The van der Waals surface area contributed by atoms with Crippen LogP contribution in [-0.2, 0) is 9.84 Å². The first kappa shape index (κ1) is 20.5. The van der Waals surface area contributed by atoms with Gasteiger partial charge in [-0.25, -0.2) is 0 Å². The summed E-state index contributed by atoms with van der Waals surface area (Å²) in [7, 11) is -1.74. The van der Waals surface area contributed by atoms with Crippen LogP contribution in [0.25, 0.3) is 6.08 Å². The number of rotatable bonds is 6. The average molecular weight is 399 g/mol. The molecule has 0 aromatic heterocycles. The van der Waals surface area contributed by atoms with Crippen molar-refractivity contribution in [3.63, 3.8) is 0 Å². The summed E-state index contributed by atoms with van der Waals surface area (Å²) in [5.74, 6) is 0.312. The molecule has 1 rings (SSSR count). The molecular formula is C19H31BrO2Si. The van der Waals surface area contributed by atoms with Gasteiger partial charge in [-0.1, -0.05) is 63.2 Å². The van der Waals surface area contributed by atoms with Crippen LogP contribution in [-0.4, -0.2) is 20.0 Å². The van der Waals surface area contributed by atoms with Crippen LogP contribution in [0, 0.1) is 0 Å². The molecule has 0 amide bonds. The molecule has 0 radical (unpaired) electrons. The molecule has 0 unspecified atom stereocenters. The molecule has 0 spiro atoms. The molecule has 4 heteroatoms. The Morgan fingerprint density at radius 1 is 1.22 bits per heavy atom. The third-order valence-electron chi connectivity index (χ3n) is 5.01. The molecule has 130 valence electrons. The summed E-state index contributed by atoms with van der Waals surface area (Å²) in [5, 5.41) is 10.6. The van der Waals surface area contributed by atoms with Gasteiger partial charge in [-0.2, -0.15) is 0 Å². The van der Waals surface area contributed by atoms with E-state index in [4.69, 9.17) is 4.43 Å². The number of hydrogen-bond donors (Lipinski definition) is 1. The Hall–Kier alpha value is -0.583. The molecule has 0 aliphatic carbocycles. The lowest BCUT2D eigenvalue weighted by Gasteiger charge is -2.37. The van der Waals surface area contributed by atoms with E-state index in [9.17, 15) is 5.11 Å². The van der Waals surface area contributed by atoms with E-state index < -0.39 is 8.32 Å². The molecule has 0 saturated heterocycles. The third-order valence-corrected chi connectivity index (χ3v) is 10.0. The lowest BCUT2D eigenvalue weighted by atomic mass is 9.78. The minimum absolute atomic E-state index is 0.184. The highest BCUT2D eigenvalue weighted by atomic mass is 79.9. The molecule has 0 aliphatic heterocycles. The number of phenolic OH excluding ortho intramolecular Hbond substituents is 1. The summed E-state index contributed by atoms with van der Waals surface area (Å²) in [4.78, 5) is 0. The SMILES string of the molecule is C=Cc1cc(Br)cc(O)c1C(C)(C)CCO[Si](C)(C)C(C)(C)C. The highest BCUT2D eigenvalue weighted by Crippen LogP contribution is 2.40. The molecule has 1 N–H and O–H groups in total. The van der Waals surface area contributed by atoms with Crippen LogP contribution >= 0.6 is 15.9 Å². The van der Waals surface area contributed by atoms with Crippen LogP contribution in [0.15, 0.2) is 23.2 Å². The highest BCUT2D eigenvalue weighted by molar-refractivity contribution is 9.10. The van der Waals surface area contributed by atoms with Gasteiger partial charge in [0, 0.05) is 16.6 Å². The molecule has 0 heterocycles. The van der Waals surface area contributed by atoms with E-state index in [-0.39, 0.29) is 10.5 Å². The Morgan fingerprint density at radius 3 is 2.26 bits per heavy atom. The summed E-state index contributed by atoms with van der Waals surface area (Å²) >= 11 is 3.43. The van der Waals surface area contributed by atoms with Gasteiger partial charge in [0.25, 0.3) is 0 Å². The largest absolute Gasteiger partial charge is 0.508 e. The second kappa shape index (κ2) is 7.12. The Balaban J connectivity index is 2.95. The predicted molar refractivity (Wildman–Crippen MR) is 107 cm³/mol. The van der Waals surface area contributed by atoms with E-state index in [1.54, 1.807) is 12.1 Å². The third kappa shape index (κ3) is 4.94. The van der Waals surface area contributed by atoms with Crippen molar-refractivity contribution in [3.8, 4) is 5.75 Å². The van der Waals surface area contributed by atoms with Crippen molar-refractivity contribution in [1.29, 1.82) is 0 Å². The number of aromatic hydroxyl groups is 1. The predicted octanol–water partition coefficient (Wildman–Crippen LogP) is 6.49. The van der Waals surface area contributed by atoms with Gasteiger partial charge in [0.05, 0.1) is 0 Å². The number of benzene rings is 1. The summed E-state index contributed by atoms with van der Waals surface area (Å²) in [5.41, 5.74) is 1.72. The molecule has 23 heavy (non-hydrogen) atoms. The zero-order valence-corrected chi connectivity index (χ0v) is 18.2. The van der Waals surface area contributed by atoms with Crippen LogP contribution < -0.4 is 0 Å². The van der Waals surface area contributed by atoms with Crippen LogP contribution in [0.3, 0.4) is 0 Å². The molecule has 1 aromatic carbocycles. The highest BCUT2D eigenvalue weighted by Gasteiger charge is 2.37. The molecule has 2 nitrogen and oxygen atoms in total. The van der Waals surface area contributed by atoms with Crippen molar-refractivity contribution < 1.29 is 9.53 Å². The van der Waals surface area contributed by atoms with Crippen molar-refractivity contribution >= 4 is 30.3 Å². The second-order valence-electron chi connectivity index (χ2n) is 8.34. The number of phenols is 1. The smallest absolute Gasteiger partial charge is 0.191 e. The first-order valence-electron chi connectivity index (χ1n) is 8.11. The fourth-order valence-corrected chi connectivity index (χ4v) is 3.92. The normalized spacial score (nSPS) is 13.2. The maximum atomic E-state index is 10.4. The van der Waals surface area contributed by atoms with E-state index in [1.807, 2.05) is 6.07 Å². The van der Waals surface area contributed by atoms with Gasteiger partial charge in [0.1, 0.15) is 5.75 Å². The molecule has 0 saturated carbocycles. The first-order valence-corrected chi connectivity index (χ1v) is 11.8. The van der Waals surface area contributed by atoms with E-state index in [1.165, 1.54) is 0 Å². The van der Waals surface area contributed by atoms with Gasteiger partial charge in [-0.05, 0) is 47.7 Å². The molecule has 0 atom stereocenters. The lowest BCUT2D eigenvalue weighted by Crippen LogP contribution is -2.41. The van der Waals surface area contributed by atoms with Gasteiger partial charge in [0.2, 0.25) is 0 Å². The van der Waals surface area contributed by atoms with E-state index in [2.05, 4.69) is 70.2 Å². The quantitative estimate of drug-likeness (QED) is 0.554. The monoisotopic (exact) mass is 398 g/mol. The summed E-state index contributed by atoms with van der Waals surface area (Å²) in [6.07, 6.45) is 2.66. The van der Waals surface area contributed by atoms with Crippen molar-refractivity contribution in [2.24, 2.45) is 0 Å². The van der Waals surface area contributed by atoms with Gasteiger partial charge in [-0.15, -0.1) is 0 Å². The van der Waals surface area contributed by atoms with Crippen molar-refractivity contribution in [1.82, 2.24) is 0 Å². The average Bonchev–Trinajstić information content (AvgIpc) is 2.35. The standard InChI is InChI=1S/C19H31BrO2Si/c1-9-14-12-15(20)13-16(21)17(14)19(5,6)10-11-22-23(7,8)18(2,3)4/h9,12-13,21H,1,10-11H2,2-8H3. The minimum atomic E-state index is -1.74. The van der Waals surface area contributed by atoms with E-state index in [0.717, 1.165) is 22.0 Å². The van der Waals surface area contributed by atoms with Gasteiger partial charge in [0.15, 0.2) is 8.32 Å². The number of hydrogen-bond acceptors (Lipinski definition) is 2. The minimum Gasteiger partial charge on any atom is -0.508 e. The summed E-state index contributed by atoms with van der Waals surface area (Å²) in [6.45, 7) is 20.2. The maximum Gasteiger partial charge on any atom is 0.191 e. The van der Waals surface area contributed by atoms with Crippen LogP contribution in [0.1, 0.15) is 52.2 Å². The van der Waals surface area contributed by atoms with E-state index >= 15 is 0 Å². The fraction of sp³-hybridized carbons (Fsp3) is 0.579. The van der Waals surface area contributed by atoms with Crippen molar-refractivity contribution in [2.75, 3.05) is 6.61 Å². The van der Waals surface area contributed by atoms with Crippen LogP contribution in [0.5, 0.6) is 5.75 Å². The van der Waals surface area contributed by atoms with Crippen LogP contribution in [0.4, 0.5) is 0 Å². The topological polar surface area (TPSA) is 29.5 Å². The number of halogens is 1. The molecule has 0 aliphatic rings. The lowest BCUT2D eigenvalue weighted by molar-refractivity contribution is 0.249. The summed E-state index contributed by atoms with van der Waals surface area (Å²) < 4.78 is 7.17. The second-order valence-corrected chi connectivity index (χ2v) is 14.1. The van der Waals surface area contributed by atoms with Crippen molar-refractivity contribution in [2.45, 2.75) is 64.6 Å². The van der Waals surface area contributed by atoms with Crippen molar-refractivity contribution in [3.05, 3.63) is 34.3 Å². The Bertz CT molecular complexity index is 571. The van der Waals surface area contributed by atoms with Gasteiger partial charge in [-0.3, -0.25) is 0 Å². The molecular weight excluding hydrogens is 368 g/mol. The Labute approximate surface area is 151 Å². The molecule has 1 aromatic rings. The maximum absolute atomic E-state index is 10.4. The van der Waals surface area contributed by atoms with Gasteiger partial charge < -0.3 is 9.53 Å². The summed E-state index contributed by atoms with van der Waals surface area (Å²) in [6, 6.07) is 3.75. The zero-order valence-electron chi connectivity index (χ0n) is 15.6. The molecule has 0 fully saturated rings. The Kier molecular flexibility index (Phi) is 6.33. The fourth-order valence-electron chi connectivity index (χ4n) is 2.41. The molecule has 0 bridgehead atoms. The Morgan fingerprint density at radius 2 is 1.78 bits per heavy atom. The van der Waals surface area contributed by atoms with E-state index in [0.29, 0.717) is 12.4 Å². The van der Waals surface area contributed by atoms with Crippen LogP contribution in [0.2, 0.25) is 18.1 Å².